The van der Waals surface area contributed by atoms with E-state index < -0.39 is 55.1 Å². The van der Waals surface area contributed by atoms with Gasteiger partial charge >= 0.3 is 0 Å². The normalized spacial score (nSPS) is 49.9. The van der Waals surface area contributed by atoms with Crippen molar-refractivity contribution in [2.45, 2.75) is 62.4 Å². The van der Waals surface area contributed by atoms with Gasteiger partial charge in [-0.1, -0.05) is 0 Å². The summed E-state index contributed by atoms with van der Waals surface area (Å²) < 4.78 is 16.4. The summed E-state index contributed by atoms with van der Waals surface area (Å²) in [4.78, 5) is 11.2. The molecule has 2 heterocycles. The van der Waals surface area contributed by atoms with E-state index in [1.54, 1.807) is 6.92 Å². The first kappa shape index (κ1) is 18.7. The number of allylic oxidation sites excluding steroid dienone is 1. The van der Waals surface area contributed by atoms with Crippen LogP contribution in [0.3, 0.4) is 0 Å². The minimum absolute atomic E-state index is 0.254. The molecule has 0 bridgehead atoms. The molecule has 0 radical (unpaired) electrons. The molecule has 3 aliphatic rings. The largest absolute Gasteiger partial charge is 0.472 e. The molecule has 0 amide bonds. The maximum absolute atomic E-state index is 11.2. The zero-order chi connectivity index (χ0) is 18.4. The average molecular weight is 360 g/mol. The number of aldehydes is 1. The Morgan fingerprint density at radius 2 is 2.00 bits per heavy atom. The van der Waals surface area contributed by atoms with Crippen molar-refractivity contribution < 1.29 is 44.5 Å². The summed E-state index contributed by atoms with van der Waals surface area (Å²) in [6.45, 7) is 1.05. The highest BCUT2D eigenvalue weighted by molar-refractivity contribution is 5.74. The third-order valence-electron chi connectivity index (χ3n) is 5.43. The molecule has 142 valence electrons. The van der Waals surface area contributed by atoms with E-state index in [1.165, 1.54) is 6.26 Å². The number of fused-ring (bicyclic) bond motifs is 1. The van der Waals surface area contributed by atoms with Crippen LogP contribution in [0.5, 0.6) is 0 Å². The van der Waals surface area contributed by atoms with Crippen molar-refractivity contribution in [3.05, 3.63) is 11.8 Å². The molecule has 1 saturated heterocycles. The SMILES string of the molecule is C[C@]1(O)CCC2C(C=O)=COC(O[C@@H]3O[C@H](CO)[C@@H](O)[C@H](O)[C@H]3O)C21. The monoisotopic (exact) mass is 360 g/mol. The predicted molar refractivity (Wildman–Crippen MR) is 80.7 cm³/mol. The third kappa shape index (κ3) is 3.21. The number of carbonyl (C=O) groups excluding carboxylic acids is 1. The molecule has 2 aliphatic heterocycles. The Balaban J connectivity index is 1.79. The Hall–Kier alpha value is -1.07. The summed E-state index contributed by atoms with van der Waals surface area (Å²) >= 11 is 0. The Kier molecular flexibility index (Phi) is 5.18. The Morgan fingerprint density at radius 3 is 2.64 bits per heavy atom. The molecule has 1 aliphatic carbocycles. The quantitative estimate of drug-likeness (QED) is 0.360. The van der Waals surface area contributed by atoms with Crippen LogP contribution in [0.4, 0.5) is 0 Å². The number of ether oxygens (including phenoxy) is 3. The average Bonchev–Trinajstić information content (AvgIpc) is 2.92. The summed E-state index contributed by atoms with van der Waals surface area (Å²) in [7, 11) is 0. The van der Waals surface area contributed by atoms with Gasteiger partial charge in [-0.25, -0.2) is 0 Å². The minimum Gasteiger partial charge on any atom is -0.472 e. The summed E-state index contributed by atoms with van der Waals surface area (Å²) in [5, 5.41) is 49.6. The zero-order valence-corrected chi connectivity index (χ0v) is 13.8. The summed E-state index contributed by atoms with van der Waals surface area (Å²) in [6.07, 6.45) is -5.14. The first-order valence-corrected chi connectivity index (χ1v) is 8.29. The van der Waals surface area contributed by atoms with Gasteiger partial charge in [0.25, 0.3) is 0 Å². The van der Waals surface area contributed by atoms with E-state index in [4.69, 9.17) is 14.2 Å². The number of rotatable bonds is 4. The van der Waals surface area contributed by atoms with E-state index in [1.807, 2.05) is 0 Å². The maximum Gasteiger partial charge on any atom is 0.207 e. The van der Waals surface area contributed by atoms with E-state index in [9.17, 15) is 30.3 Å². The van der Waals surface area contributed by atoms with E-state index >= 15 is 0 Å². The van der Waals surface area contributed by atoms with Gasteiger partial charge in [-0.05, 0) is 19.8 Å². The van der Waals surface area contributed by atoms with Crippen molar-refractivity contribution in [2.24, 2.45) is 11.8 Å². The molecule has 9 heteroatoms. The summed E-state index contributed by atoms with van der Waals surface area (Å²) in [5.74, 6) is -0.818. The van der Waals surface area contributed by atoms with E-state index in [0.29, 0.717) is 24.7 Å². The second-order valence-electron chi connectivity index (χ2n) is 7.10. The fourth-order valence-electron chi connectivity index (χ4n) is 3.95. The number of hydrogen-bond donors (Lipinski definition) is 5. The second-order valence-corrected chi connectivity index (χ2v) is 7.10. The van der Waals surface area contributed by atoms with Crippen LogP contribution in [-0.4, -0.2) is 81.0 Å². The standard InChI is InChI=1S/C16H24O9/c1-16(22)3-2-8-7(4-17)6-23-14(10(8)16)25-15-13(21)12(20)11(19)9(5-18)24-15/h4,6,8-15,18-22H,2-3,5H2,1H3/t8?,9-,10?,11-,12+,13-,14?,15+,16+/m1/s1. The molecule has 0 aromatic heterocycles. The molecule has 0 aromatic carbocycles. The molecule has 0 spiro atoms. The van der Waals surface area contributed by atoms with Crippen LogP contribution in [-0.2, 0) is 19.0 Å². The van der Waals surface area contributed by atoms with Gasteiger partial charge in [-0.15, -0.1) is 0 Å². The molecule has 9 nitrogen and oxygen atoms in total. The first-order valence-electron chi connectivity index (χ1n) is 8.29. The minimum atomic E-state index is -1.57. The van der Waals surface area contributed by atoms with Crippen LogP contribution in [0.1, 0.15) is 19.8 Å². The molecule has 0 aromatic rings. The lowest BCUT2D eigenvalue weighted by atomic mass is 9.81. The third-order valence-corrected chi connectivity index (χ3v) is 5.43. The fraction of sp³-hybridized carbons (Fsp3) is 0.812. The lowest BCUT2D eigenvalue weighted by Crippen LogP contribution is -2.60. The summed E-state index contributed by atoms with van der Waals surface area (Å²) in [5.41, 5.74) is -0.720. The van der Waals surface area contributed by atoms with Gasteiger partial charge in [-0.3, -0.25) is 4.79 Å². The highest BCUT2D eigenvalue weighted by Gasteiger charge is 2.54. The van der Waals surface area contributed by atoms with Crippen molar-refractivity contribution in [2.75, 3.05) is 6.61 Å². The van der Waals surface area contributed by atoms with Gasteiger partial charge < -0.3 is 39.7 Å². The maximum atomic E-state index is 11.2. The number of aliphatic hydroxyl groups is 5. The molecule has 9 atom stereocenters. The van der Waals surface area contributed by atoms with Gasteiger partial charge in [0.05, 0.1) is 24.4 Å². The molecule has 5 N–H and O–H groups in total. The number of aliphatic hydroxyl groups excluding tert-OH is 4. The van der Waals surface area contributed by atoms with E-state index in [0.717, 1.165) is 0 Å². The molecular formula is C16H24O9. The molecule has 25 heavy (non-hydrogen) atoms. The van der Waals surface area contributed by atoms with Crippen molar-refractivity contribution >= 4 is 6.29 Å². The smallest absolute Gasteiger partial charge is 0.207 e. The molecular weight excluding hydrogens is 336 g/mol. The van der Waals surface area contributed by atoms with Crippen molar-refractivity contribution in [1.29, 1.82) is 0 Å². The van der Waals surface area contributed by atoms with Gasteiger partial charge in [0, 0.05) is 11.5 Å². The molecule has 1 saturated carbocycles. The number of hydrogen-bond acceptors (Lipinski definition) is 9. The van der Waals surface area contributed by atoms with Crippen LogP contribution in [0, 0.1) is 11.8 Å². The van der Waals surface area contributed by atoms with Gasteiger partial charge in [0.1, 0.15) is 30.7 Å². The van der Waals surface area contributed by atoms with Crippen molar-refractivity contribution in [1.82, 2.24) is 0 Å². The Bertz CT molecular complexity index is 532. The molecule has 3 rings (SSSR count). The zero-order valence-electron chi connectivity index (χ0n) is 13.8. The lowest BCUT2D eigenvalue weighted by Gasteiger charge is -2.44. The fourth-order valence-corrected chi connectivity index (χ4v) is 3.95. The van der Waals surface area contributed by atoms with Crippen molar-refractivity contribution in [3.8, 4) is 0 Å². The predicted octanol–water partition coefficient (Wildman–Crippen LogP) is -1.98. The van der Waals surface area contributed by atoms with Crippen LogP contribution in [0.2, 0.25) is 0 Å². The molecule has 2 fully saturated rings. The van der Waals surface area contributed by atoms with Crippen LogP contribution in [0.25, 0.3) is 0 Å². The second kappa shape index (κ2) is 6.92. The van der Waals surface area contributed by atoms with Gasteiger partial charge in [-0.2, -0.15) is 0 Å². The highest BCUT2D eigenvalue weighted by atomic mass is 16.8. The Labute approximate surface area is 144 Å². The van der Waals surface area contributed by atoms with Gasteiger partial charge in [0.2, 0.25) is 6.29 Å². The van der Waals surface area contributed by atoms with E-state index in [2.05, 4.69) is 0 Å². The summed E-state index contributed by atoms with van der Waals surface area (Å²) in [6, 6.07) is 0. The van der Waals surface area contributed by atoms with Crippen LogP contribution >= 0.6 is 0 Å². The van der Waals surface area contributed by atoms with Crippen LogP contribution in [0.15, 0.2) is 11.8 Å². The van der Waals surface area contributed by atoms with Gasteiger partial charge in [0.15, 0.2) is 6.29 Å². The molecule has 3 unspecified atom stereocenters. The number of carbonyl (C=O) groups is 1. The van der Waals surface area contributed by atoms with Crippen LogP contribution < -0.4 is 0 Å². The lowest BCUT2D eigenvalue weighted by molar-refractivity contribution is -0.346. The topological polar surface area (TPSA) is 146 Å². The highest BCUT2D eigenvalue weighted by Crippen LogP contribution is 2.48. The van der Waals surface area contributed by atoms with E-state index in [-0.39, 0.29) is 5.92 Å². The van der Waals surface area contributed by atoms with Crippen molar-refractivity contribution in [3.63, 3.8) is 0 Å². The first-order chi connectivity index (χ1) is 11.8. The Morgan fingerprint density at radius 1 is 1.28 bits per heavy atom.